The molecule has 0 atom stereocenters. The lowest BCUT2D eigenvalue weighted by Gasteiger charge is -2.08. The predicted molar refractivity (Wildman–Crippen MR) is 97.9 cm³/mol. The van der Waals surface area contributed by atoms with Gasteiger partial charge in [0.2, 0.25) is 5.69 Å². The highest BCUT2D eigenvalue weighted by atomic mass is 35.5. The lowest BCUT2D eigenvalue weighted by molar-refractivity contribution is -0.659. The third kappa shape index (κ3) is 5.12. The third-order valence-electron chi connectivity index (χ3n) is 3.74. The molecule has 3 aromatic rings. The molecule has 0 saturated heterocycles. The Morgan fingerprint density at radius 2 is 1.68 bits per heavy atom. The lowest BCUT2D eigenvalue weighted by Crippen LogP contribution is -2.30. The summed E-state index contributed by atoms with van der Waals surface area (Å²) in [6, 6.07) is 16.1. The number of ether oxygens (including phenoxy) is 1. The van der Waals surface area contributed by atoms with Crippen LogP contribution in [-0.2, 0) is 17.2 Å². The molecule has 0 amide bonds. The van der Waals surface area contributed by atoms with E-state index in [4.69, 9.17) is 29.3 Å². The van der Waals surface area contributed by atoms with E-state index in [1.165, 1.54) is 0 Å². The maximum atomic E-state index is 10.7. The van der Waals surface area contributed by atoms with Crippen molar-refractivity contribution < 1.29 is 35.4 Å². The number of benzene rings is 2. The Bertz CT molecular complexity index is 1080. The number of fused-ring (bicyclic) bond motifs is 1. The number of alkyl halides is 3. The second-order valence-corrected chi connectivity index (χ2v) is 7.45. The minimum Gasteiger partial charge on any atom is -0.741 e. The van der Waals surface area contributed by atoms with Crippen LogP contribution in [0.15, 0.2) is 54.7 Å². The molecule has 150 valence electrons. The molecule has 10 heteroatoms. The maximum Gasteiger partial charge on any atom is 0.485 e. The number of aromatic nitrogens is 1. The maximum absolute atomic E-state index is 10.7. The average Bonchev–Trinajstić information content (AvgIpc) is 2.60. The zero-order valence-electron chi connectivity index (χ0n) is 14.7. The van der Waals surface area contributed by atoms with Crippen molar-refractivity contribution in [2.45, 2.75) is 5.51 Å². The third-order valence-corrected chi connectivity index (χ3v) is 4.56. The van der Waals surface area contributed by atoms with Gasteiger partial charge in [-0.2, -0.15) is 13.2 Å². The molecule has 28 heavy (non-hydrogen) atoms. The van der Waals surface area contributed by atoms with Crippen molar-refractivity contribution in [3.63, 3.8) is 0 Å². The summed E-state index contributed by atoms with van der Waals surface area (Å²) in [7, 11) is -2.36. The van der Waals surface area contributed by atoms with Crippen molar-refractivity contribution in [2.75, 3.05) is 7.11 Å². The summed E-state index contributed by atoms with van der Waals surface area (Å²) in [5, 5.41) is 3.02. The van der Waals surface area contributed by atoms with E-state index in [0.717, 1.165) is 32.8 Å². The molecular weight excluding hydrogens is 419 g/mol. The van der Waals surface area contributed by atoms with Crippen LogP contribution in [0.4, 0.5) is 13.2 Å². The number of nitrogens with zero attached hydrogens (tertiary/aromatic N) is 1. The van der Waals surface area contributed by atoms with Gasteiger partial charge in [0.25, 0.3) is 0 Å². The van der Waals surface area contributed by atoms with Gasteiger partial charge in [0.05, 0.1) is 12.5 Å². The molecule has 0 unspecified atom stereocenters. The van der Waals surface area contributed by atoms with Crippen molar-refractivity contribution in [1.82, 2.24) is 0 Å². The molecule has 0 radical (unpaired) electrons. The van der Waals surface area contributed by atoms with E-state index in [-0.39, 0.29) is 0 Å². The van der Waals surface area contributed by atoms with Gasteiger partial charge in [0.1, 0.15) is 12.8 Å². The molecule has 0 aliphatic carbocycles. The van der Waals surface area contributed by atoms with Gasteiger partial charge in [0, 0.05) is 16.7 Å². The normalized spacial score (nSPS) is 11.7. The predicted octanol–water partition coefficient (Wildman–Crippen LogP) is 4.04. The molecule has 0 bridgehead atoms. The van der Waals surface area contributed by atoms with Crippen LogP contribution in [0.3, 0.4) is 0 Å². The van der Waals surface area contributed by atoms with Crippen LogP contribution in [0.2, 0.25) is 5.02 Å². The van der Waals surface area contributed by atoms with Gasteiger partial charge in [0.15, 0.2) is 16.3 Å². The van der Waals surface area contributed by atoms with E-state index in [0.29, 0.717) is 0 Å². The number of aryl methyl sites for hydroxylation is 1. The molecule has 0 N–H and O–H groups in total. The van der Waals surface area contributed by atoms with Crippen LogP contribution in [0.25, 0.3) is 22.0 Å². The fraction of sp³-hybridized carbons (Fsp3) is 0.167. The van der Waals surface area contributed by atoms with Crippen LogP contribution in [0, 0.1) is 0 Å². The molecular formula is C18H15ClF3NO4S. The second-order valence-electron chi connectivity index (χ2n) is 5.64. The van der Waals surface area contributed by atoms with Crippen molar-refractivity contribution in [3.05, 3.63) is 59.8 Å². The largest absolute Gasteiger partial charge is 0.741 e. The smallest absolute Gasteiger partial charge is 0.485 e. The van der Waals surface area contributed by atoms with Gasteiger partial charge in [-0.15, -0.1) is 0 Å². The Labute approximate surface area is 164 Å². The van der Waals surface area contributed by atoms with Gasteiger partial charge in [-0.3, -0.25) is 0 Å². The van der Waals surface area contributed by atoms with Gasteiger partial charge in [-0.25, -0.2) is 13.0 Å². The van der Waals surface area contributed by atoms with Crippen LogP contribution >= 0.6 is 11.6 Å². The molecule has 1 aromatic heterocycles. The Morgan fingerprint density at radius 3 is 2.18 bits per heavy atom. The van der Waals surface area contributed by atoms with E-state index < -0.39 is 15.6 Å². The zero-order valence-corrected chi connectivity index (χ0v) is 16.3. The summed E-state index contributed by atoms with van der Waals surface area (Å²) in [6.45, 7) is 0. The summed E-state index contributed by atoms with van der Waals surface area (Å²) in [5.41, 5.74) is -3.36. The SMILES string of the molecule is COc1cccc2cc(-c3ccc(Cl)cc3)[n+](C)cc12.O=S(=O)([O-])C(F)(F)F. The number of pyridine rings is 1. The van der Waals surface area contributed by atoms with Crippen LogP contribution < -0.4 is 9.30 Å². The molecule has 2 aromatic carbocycles. The Hall–Kier alpha value is -2.36. The summed E-state index contributed by atoms with van der Waals surface area (Å²) in [6.07, 6.45) is 2.10. The molecule has 0 fully saturated rings. The van der Waals surface area contributed by atoms with Gasteiger partial charge < -0.3 is 9.29 Å². The first-order valence-electron chi connectivity index (χ1n) is 7.68. The van der Waals surface area contributed by atoms with Gasteiger partial charge in [-0.1, -0.05) is 23.7 Å². The topological polar surface area (TPSA) is 70.3 Å². The van der Waals surface area contributed by atoms with E-state index in [9.17, 15) is 13.2 Å². The molecule has 0 spiro atoms. The number of rotatable bonds is 2. The molecule has 5 nitrogen and oxygen atoms in total. The highest BCUT2D eigenvalue weighted by Gasteiger charge is 2.36. The molecule has 0 aliphatic rings. The Balaban J connectivity index is 0.000000300. The van der Waals surface area contributed by atoms with Crippen LogP contribution in [0.1, 0.15) is 0 Å². The van der Waals surface area contributed by atoms with E-state index in [1.54, 1.807) is 7.11 Å². The fourth-order valence-corrected chi connectivity index (χ4v) is 2.55. The number of halogens is 4. The van der Waals surface area contributed by atoms with Crippen molar-refractivity contribution in [3.8, 4) is 17.0 Å². The second kappa shape index (κ2) is 8.34. The zero-order chi connectivity index (χ0) is 21.1. The van der Waals surface area contributed by atoms with Gasteiger partial charge >= 0.3 is 5.51 Å². The lowest BCUT2D eigenvalue weighted by atomic mass is 10.1. The van der Waals surface area contributed by atoms with Crippen LogP contribution in [-0.4, -0.2) is 25.6 Å². The Morgan fingerprint density at radius 1 is 1.11 bits per heavy atom. The number of methoxy groups -OCH3 is 1. The van der Waals surface area contributed by atoms with E-state index in [1.807, 2.05) is 43.4 Å². The highest BCUT2D eigenvalue weighted by molar-refractivity contribution is 7.86. The fourth-order valence-electron chi connectivity index (χ4n) is 2.42. The monoisotopic (exact) mass is 433 g/mol. The van der Waals surface area contributed by atoms with Crippen LogP contribution in [0.5, 0.6) is 5.75 Å². The van der Waals surface area contributed by atoms with Gasteiger partial charge in [-0.05, 0) is 35.7 Å². The molecule has 0 saturated carbocycles. The standard InChI is InChI=1S/C17H15ClNO.CHF3O3S/c1-19-11-15-13(4-3-5-17(15)20-2)10-16(19)12-6-8-14(18)9-7-12;2-1(3,4)8(5,6)7/h3-11H,1-2H3;(H,5,6,7)/q+1;/p-1. The highest BCUT2D eigenvalue weighted by Crippen LogP contribution is 2.27. The van der Waals surface area contributed by atoms with Crippen molar-refractivity contribution in [1.29, 1.82) is 0 Å². The summed E-state index contributed by atoms with van der Waals surface area (Å²) >= 11 is 5.95. The number of hydrogen-bond donors (Lipinski definition) is 0. The van der Waals surface area contributed by atoms with Crippen molar-refractivity contribution >= 4 is 32.5 Å². The average molecular weight is 434 g/mol. The molecule has 0 aliphatic heterocycles. The first-order valence-corrected chi connectivity index (χ1v) is 9.47. The molecule has 1 heterocycles. The first-order chi connectivity index (χ1) is 12.9. The minimum atomic E-state index is -6.09. The first kappa shape index (κ1) is 21.9. The van der Waals surface area contributed by atoms with E-state index >= 15 is 0 Å². The summed E-state index contributed by atoms with van der Waals surface area (Å²) < 4.78 is 66.4. The number of hydrogen-bond acceptors (Lipinski definition) is 4. The minimum absolute atomic E-state index is 0.749. The summed E-state index contributed by atoms with van der Waals surface area (Å²) in [5.74, 6) is 0.890. The molecule has 3 rings (SSSR count). The Kier molecular flexibility index (Phi) is 6.53. The summed E-state index contributed by atoms with van der Waals surface area (Å²) in [4.78, 5) is 0. The van der Waals surface area contributed by atoms with E-state index in [2.05, 4.69) is 22.9 Å². The quantitative estimate of drug-likeness (QED) is 0.347. The van der Waals surface area contributed by atoms with Crippen molar-refractivity contribution in [2.24, 2.45) is 7.05 Å².